The molecule has 2 nitrogen and oxygen atoms in total. The molecule has 0 saturated heterocycles. The van der Waals surface area contributed by atoms with Crippen molar-refractivity contribution in [3.8, 4) is 0 Å². The normalized spacial score (nSPS) is 26.3. The molecule has 1 aliphatic carbocycles. The third-order valence-electron chi connectivity index (χ3n) is 2.94. The molecule has 0 aromatic rings. The van der Waals surface area contributed by atoms with Crippen LogP contribution in [0.25, 0.3) is 0 Å². The van der Waals surface area contributed by atoms with Gasteiger partial charge in [0.25, 0.3) is 0 Å². The summed E-state index contributed by atoms with van der Waals surface area (Å²) in [4.78, 5) is 0. The van der Waals surface area contributed by atoms with Gasteiger partial charge in [-0.3, -0.25) is 0 Å². The molecule has 1 fully saturated rings. The van der Waals surface area contributed by atoms with Gasteiger partial charge in [0.2, 0.25) is 0 Å². The standard InChI is InChI=1S/C11H23NO/c1-2-10-9-11(10)12-7-5-3-4-6-8-13/h10-13H,2-9H2,1H3. The van der Waals surface area contributed by atoms with Crippen LogP contribution in [-0.2, 0) is 0 Å². The highest BCUT2D eigenvalue weighted by molar-refractivity contribution is 4.91. The lowest BCUT2D eigenvalue weighted by Gasteiger charge is -2.02. The molecule has 1 rings (SSSR count). The number of hydrogen-bond acceptors (Lipinski definition) is 2. The van der Waals surface area contributed by atoms with E-state index in [4.69, 9.17) is 5.11 Å². The molecule has 0 aromatic heterocycles. The molecule has 2 atom stereocenters. The van der Waals surface area contributed by atoms with E-state index >= 15 is 0 Å². The summed E-state index contributed by atoms with van der Waals surface area (Å²) >= 11 is 0. The smallest absolute Gasteiger partial charge is 0.0431 e. The predicted octanol–water partition coefficient (Wildman–Crippen LogP) is 1.93. The maximum absolute atomic E-state index is 8.57. The lowest BCUT2D eigenvalue weighted by molar-refractivity contribution is 0.282. The molecule has 1 aliphatic rings. The third-order valence-corrected chi connectivity index (χ3v) is 2.94. The largest absolute Gasteiger partial charge is 0.396 e. The van der Waals surface area contributed by atoms with Gasteiger partial charge in [-0.1, -0.05) is 26.2 Å². The molecule has 0 spiro atoms. The monoisotopic (exact) mass is 185 g/mol. The van der Waals surface area contributed by atoms with Gasteiger partial charge in [-0.2, -0.15) is 0 Å². The SMILES string of the molecule is CCC1CC1NCCCCCCO. The van der Waals surface area contributed by atoms with Gasteiger partial charge in [-0.25, -0.2) is 0 Å². The molecule has 0 radical (unpaired) electrons. The first kappa shape index (κ1) is 11.0. The second kappa shape index (κ2) is 6.39. The van der Waals surface area contributed by atoms with Crippen molar-refractivity contribution in [1.82, 2.24) is 5.32 Å². The number of unbranched alkanes of at least 4 members (excludes halogenated alkanes) is 3. The molecule has 78 valence electrons. The summed E-state index contributed by atoms with van der Waals surface area (Å²) in [5.41, 5.74) is 0. The molecule has 1 saturated carbocycles. The topological polar surface area (TPSA) is 32.3 Å². The number of rotatable bonds is 8. The predicted molar refractivity (Wildman–Crippen MR) is 55.7 cm³/mol. The second-order valence-corrected chi connectivity index (χ2v) is 4.10. The molecule has 0 aromatic carbocycles. The Balaban J connectivity index is 1.75. The van der Waals surface area contributed by atoms with Crippen LogP contribution in [0.15, 0.2) is 0 Å². The van der Waals surface area contributed by atoms with Crippen LogP contribution in [0.5, 0.6) is 0 Å². The molecular formula is C11H23NO. The van der Waals surface area contributed by atoms with Gasteiger partial charge >= 0.3 is 0 Å². The third kappa shape index (κ3) is 4.63. The minimum Gasteiger partial charge on any atom is -0.396 e. The van der Waals surface area contributed by atoms with Crippen LogP contribution in [0.3, 0.4) is 0 Å². The van der Waals surface area contributed by atoms with Gasteiger partial charge < -0.3 is 10.4 Å². The molecule has 2 unspecified atom stereocenters. The summed E-state index contributed by atoms with van der Waals surface area (Å²) in [6.45, 7) is 3.80. The molecule has 13 heavy (non-hydrogen) atoms. The van der Waals surface area contributed by atoms with Crippen molar-refractivity contribution < 1.29 is 5.11 Å². The molecule has 0 bridgehead atoms. The molecule has 0 heterocycles. The summed E-state index contributed by atoms with van der Waals surface area (Å²) in [7, 11) is 0. The van der Waals surface area contributed by atoms with E-state index < -0.39 is 0 Å². The van der Waals surface area contributed by atoms with Crippen molar-refractivity contribution in [2.24, 2.45) is 5.92 Å². The Morgan fingerprint density at radius 3 is 2.62 bits per heavy atom. The van der Waals surface area contributed by atoms with Crippen molar-refractivity contribution in [1.29, 1.82) is 0 Å². The van der Waals surface area contributed by atoms with Crippen molar-refractivity contribution in [2.45, 2.75) is 51.5 Å². The zero-order valence-electron chi connectivity index (χ0n) is 8.76. The number of nitrogens with one attached hydrogen (secondary N) is 1. The summed E-state index contributed by atoms with van der Waals surface area (Å²) in [6.07, 6.45) is 7.42. The highest BCUT2D eigenvalue weighted by Gasteiger charge is 2.34. The lowest BCUT2D eigenvalue weighted by atomic mass is 10.2. The summed E-state index contributed by atoms with van der Waals surface area (Å²) < 4.78 is 0. The van der Waals surface area contributed by atoms with Gasteiger partial charge in [-0.05, 0) is 31.7 Å². The summed E-state index contributed by atoms with van der Waals surface area (Å²) in [5, 5.41) is 12.1. The zero-order valence-corrected chi connectivity index (χ0v) is 8.76. The lowest BCUT2D eigenvalue weighted by Crippen LogP contribution is -2.19. The van der Waals surface area contributed by atoms with Crippen molar-refractivity contribution in [2.75, 3.05) is 13.2 Å². The quantitative estimate of drug-likeness (QED) is 0.566. The van der Waals surface area contributed by atoms with Gasteiger partial charge in [-0.15, -0.1) is 0 Å². The van der Waals surface area contributed by atoms with Gasteiger partial charge in [0.05, 0.1) is 0 Å². The minimum absolute atomic E-state index is 0.355. The van der Waals surface area contributed by atoms with E-state index in [1.165, 1.54) is 38.6 Å². The molecular weight excluding hydrogens is 162 g/mol. The van der Waals surface area contributed by atoms with E-state index in [1.54, 1.807) is 0 Å². The number of aliphatic hydroxyl groups is 1. The fourth-order valence-corrected chi connectivity index (χ4v) is 1.83. The first-order valence-corrected chi connectivity index (χ1v) is 5.72. The fourth-order valence-electron chi connectivity index (χ4n) is 1.83. The van der Waals surface area contributed by atoms with E-state index in [2.05, 4.69) is 12.2 Å². The van der Waals surface area contributed by atoms with Crippen LogP contribution in [-0.4, -0.2) is 24.3 Å². The van der Waals surface area contributed by atoms with Crippen LogP contribution in [0.2, 0.25) is 0 Å². The fraction of sp³-hybridized carbons (Fsp3) is 1.00. The maximum atomic E-state index is 8.57. The number of aliphatic hydroxyl groups excluding tert-OH is 1. The average Bonchev–Trinajstić information content (AvgIpc) is 2.90. The van der Waals surface area contributed by atoms with Crippen molar-refractivity contribution in [3.05, 3.63) is 0 Å². The Bertz CT molecular complexity index is 127. The first-order valence-electron chi connectivity index (χ1n) is 5.72. The number of hydrogen-bond donors (Lipinski definition) is 2. The summed E-state index contributed by atoms with van der Waals surface area (Å²) in [5.74, 6) is 0.970. The van der Waals surface area contributed by atoms with E-state index in [-0.39, 0.29) is 0 Å². The van der Waals surface area contributed by atoms with Gasteiger partial charge in [0.1, 0.15) is 0 Å². The van der Waals surface area contributed by atoms with E-state index in [1.807, 2.05) is 0 Å². The average molecular weight is 185 g/mol. The maximum Gasteiger partial charge on any atom is 0.0431 e. The Labute approximate surface area is 81.7 Å². The van der Waals surface area contributed by atoms with Crippen LogP contribution in [0, 0.1) is 5.92 Å². The highest BCUT2D eigenvalue weighted by atomic mass is 16.2. The summed E-state index contributed by atoms with van der Waals surface area (Å²) in [6, 6.07) is 0.836. The van der Waals surface area contributed by atoms with Crippen LogP contribution < -0.4 is 5.32 Å². The van der Waals surface area contributed by atoms with Crippen molar-refractivity contribution >= 4 is 0 Å². The Hall–Kier alpha value is -0.0800. The second-order valence-electron chi connectivity index (χ2n) is 4.10. The van der Waals surface area contributed by atoms with Crippen LogP contribution in [0.1, 0.15) is 45.4 Å². The minimum atomic E-state index is 0.355. The highest BCUT2D eigenvalue weighted by Crippen LogP contribution is 2.32. The Morgan fingerprint density at radius 1 is 1.23 bits per heavy atom. The first-order chi connectivity index (χ1) is 6.38. The molecule has 0 aliphatic heterocycles. The molecule has 0 amide bonds. The van der Waals surface area contributed by atoms with Crippen molar-refractivity contribution in [3.63, 3.8) is 0 Å². The Morgan fingerprint density at radius 2 is 2.00 bits per heavy atom. The van der Waals surface area contributed by atoms with E-state index in [0.717, 1.165) is 18.4 Å². The van der Waals surface area contributed by atoms with Gasteiger partial charge in [0.15, 0.2) is 0 Å². The van der Waals surface area contributed by atoms with Crippen LogP contribution >= 0.6 is 0 Å². The van der Waals surface area contributed by atoms with E-state index in [9.17, 15) is 0 Å². The van der Waals surface area contributed by atoms with Gasteiger partial charge in [0, 0.05) is 12.6 Å². The Kier molecular flexibility index (Phi) is 5.40. The van der Waals surface area contributed by atoms with Crippen LogP contribution in [0.4, 0.5) is 0 Å². The molecule has 2 N–H and O–H groups in total. The van der Waals surface area contributed by atoms with E-state index in [0.29, 0.717) is 6.61 Å². The zero-order chi connectivity index (χ0) is 9.52. The molecule has 2 heteroatoms.